The molecule has 0 aliphatic rings. The largest absolute Gasteiger partial charge is 0.373 e. The van der Waals surface area contributed by atoms with E-state index in [2.05, 4.69) is 19.1 Å². The quantitative estimate of drug-likeness (QED) is 0.0598. The van der Waals surface area contributed by atoms with Crippen LogP contribution in [0.25, 0.3) is 0 Å². The van der Waals surface area contributed by atoms with Crippen LogP contribution in [0.15, 0.2) is 12.2 Å². The number of quaternary nitrogens is 1. The van der Waals surface area contributed by atoms with E-state index in [1.807, 2.05) is 21.1 Å². The Kier molecular flexibility index (Phi) is 18.9. The fourth-order valence-electron chi connectivity index (χ4n) is 4.44. The molecule has 0 amide bonds. The lowest BCUT2D eigenvalue weighted by Crippen LogP contribution is -2.49. The van der Waals surface area contributed by atoms with Gasteiger partial charge in [0.1, 0.15) is 6.54 Å². The zero-order chi connectivity index (χ0) is 25.1. The molecule has 0 aromatic rings. The van der Waals surface area contributed by atoms with Crippen LogP contribution in [0, 0.1) is 0 Å². The van der Waals surface area contributed by atoms with Crippen molar-refractivity contribution in [2.75, 3.05) is 27.7 Å². The standard InChI is InChI=1S/C27H56NO4P/c1-5-6-7-8-9-10-11-12-13-14-15-16-17-18-19-20-21-22-23-24-25-27(29,33(30,31)32)26-28(2,3)4/h20-21,29H,5-19,22-26H2,1-4H3,(H-,30,31,32)/p+1/b21-20-. The van der Waals surface area contributed by atoms with Gasteiger partial charge in [-0.25, -0.2) is 0 Å². The predicted molar refractivity (Wildman–Crippen MR) is 142 cm³/mol. The maximum atomic E-state index is 11.8. The highest BCUT2D eigenvalue weighted by Crippen LogP contribution is 2.52. The molecule has 0 bridgehead atoms. The van der Waals surface area contributed by atoms with Gasteiger partial charge in [0.2, 0.25) is 5.34 Å². The van der Waals surface area contributed by atoms with E-state index in [1.54, 1.807) is 0 Å². The Hall–Kier alpha value is -0.190. The van der Waals surface area contributed by atoms with Crippen molar-refractivity contribution in [2.24, 2.45) is 0 Å². The molecule has 0 rings (SSSR count). The summed E-state index contributed by atoms with van der Waals surface area (Å²) in [6.45, 7) is 2.32. The van der Waals surface area contributed by atoms with Gasteiger partial charge in [-0.15, -0.1) is 0 Å². The van der Waals surface area contributed by atoms with Crippen LogP contribution in [-0.2, 0) is 4.57 Å². The Balaban J connectivity index is 3.59. The molecule has 0 spiro atoms. The summed E-state index contributed by atoms with van der Waals surface area (Å²) < 4.78 is 12.1. The number of aliphatic hydroxyl groups is 1. The van der Waals surface area contributed by atoms with Crippen molar-refractivity contribution in [3.05, 3.63) is 12.2 Å². The van der Waals surface area contributed by atoms with Crippen molar-refractivity contribution in [1.82, 2.24) is 0 Å². The molecule has 0 saturated heterocycles. The third-order valence-corrected chi connectivity index (χ3v) is 7.81. The van der Waals surface area contributed by atoms with Gasteiger partial charge in [0.15, 0.2) is 0 Å². The molecule has 0 aromatic heterocycles. The molecule has 0 saturated carbocycles. The maximum absolute atomic E-state index is 11.8. The van der Waals surface area contributed by atoms with Crippen LogP contribution in [0.5, 0.6) is 0 Å². The molecule has 0 aliphatic carbocycles. The number of nitrogens with zero attached hydrogens (tertiary/aromatic N) is 1. The molecule has 0 fully saturated rings. The van der Waals surface area contributed by atoms with Gasteiger partial charge in [0, 0.05) is 0 Å². The molecule has 0 aromatic carbocycles. The molecular weight excluding hydrogens is 433 g/mol. The normalized spacial score (nSPS) is 14.8. The highest BCUT2D eigenvalue weighted by atomic mass is 31.2. The molecule has 3 N–H and O–H groups in total. The first kappa shape index (κ1) is 32.8. The van der Waals surface area contributed by atoms with E-state index in [0.717, 1.165) is 19.3 Å². The van der Waals surface area contributed by atoms with Crippen molar-refractivity contribution in [1.29, 1.82) is 0 Å². The molecule has 1 atom stereocenters. The third kappa shape index (κ3) is 19.8. The van der Waals surface area contributed by atoms with Gasteiger partial charge in [-0.3, -0.25) is 4.57 Å². The fourth-order valence-corrected chi connectivity index (χ4v) is 5.50. The van der Waals surface area contributed by atoms with Crippen molar-refractivity contribution in [3.8, 4) is 0 Å². The second-order valence-corrected chi connectivity index (χ2v) is 13.0. The summed E-state index contributed by atoms with van der Waals surface area (Å²) in [6.07, 6.45) is 27.4. The van der Waals surface area contributed by atoms with Gasteiger partial charge >= 0.3 is 7.60 Å². The molecule has 33 heavy (non-hydrogen) atoms. The Labute approximate surface area is 205 Å². The molecule has 5 nitrogen and oxygen atoms in total. The molecule has 6 heteroatoms. The highest BCUT2D eigenvalue weighted by molar-refractivity contribution is 7.53. The summed E-state index contributed by atoms with van der Waals surface area (Å²) >= 11 is 0. The summed E-state index contributed by atoms with van der Waals surface area (Å²) in [4.78, 5) is 19.2. The molecular formula is C27H57NO4P+. The zero-order valence-corrected chi connectivity index (χ0v) is 23.3. The monoisotopic (exact) mass is 490 g/mol. The topological polar surface area (TPSA) is 77.8 Å². The van der Waals surface area contributed by atoms with Crippen LogP contribution in [-0.4, -0.2) is 52.4 Å². The number of rotatable bonds is 23. The number of likely N-dealkylation sites (N-methyl/N-ethyl adjacent to an activating group) is 1. The molecule has 198 valence electrons. The highest BCUT2D eigenvalue weighted by Gasteiger charge is 2.48. The Bertz CT molecular complexity index is 527. The van der Waals surface area contributed by atoms with E-state index < -0.39 is 12.9 Å². The van der Waals surface area contributed by atoms with Gasteiger partial charge in [-0.2, -0.15) is 0 Å². The van der Waals surface area contributed by atoms with E-state index >= 15 is 0 Å². The number of hydrogen-bond acceptors (Lipinski definition) is 2. The van der Waals surface area contributed by atoms with Crippen LogP contribution in [0.3, 0.4) is 0 Å². The minimum absolute atomic E-state index is 0.0479. The minimum Gasteiger partial charge on any atom is -0.373 e. The smallest absolute Gasteiger partial charge is 0.362 e. The Morgan fingerprint density at radius 2 is 1.03 bits per heavy atom. The molecule has 1 unspecified atom stereocenters. The first-order valence-electron chi connectivity index (χ1n) is 13.8. The van der Waals surface area contributed by atoms with E-state index in [9.17, 15) is 19.5 Å². The summed E-state index contributed by atoms with van der Waals surface area (Å²) in [5.41, 5.74) is 0. The van der Waals surface area contributed by atoms with E-state index in [4.69, 9.17) is 0 Å². The second-order valence-electron chi connectivity index (χ2n) is 11.1. The Morgan fingerprint density at radius 1 is 0.667 bits per heavy atom. The van der Waals surface area contributed by atoms with Gasteiger partial charge in [-0.1, -0.05) is 103 Å². The van der Waals surface area contributed by atoms with Gasteiger partial charge < -0.3 is 19.4 Å². The van der Waals surface area contributed by atoms with Crippen molar-refractivity contribution >= 4 is 7.60 Å². The first-order valence-corrected chi connectivity index (χ1v) is 15.4. The van der Waals surface area contributed by atoms with Gasteiger partial charge in [0.05, 0.1) is 21.1 Å². The summed E-state index contributed by atoms with van der Waals surface area (Å²) in [5, 5.41) is 8.61. The van der Waals surface area contributed by atoms with Crippen molar-refractivity contribution < 1.29 is 23.9 Å². The van der Waals surface area contributed by atoms with E-state index in [-0.39, 0.29) is 13.0 Å². The minimum atomic E-state index is -4.56. The van der Waals surface area contributed by atoms with Crippen LogP contribution in [0.4, 0.5) is 0 Å². The molecule has 0 aliphatic heterocycles. The lowest BCUT2D eigenvalue weighted by Gasteiger charge is -2.35. The summed E-state index contributed by atoms with van der Waals surface area (Å²) in [6, 6.07) is 0. The average Bonchev–Trinajstić information content (AvgIpc) is 2.70. The lowest BCUT2D eigenvalue weighted by atomic mass is 10.0. The van der Waals surface area contributed by atoms with Crippen LogP contribution in [0.2, 0.25) is 0 Å². The molecule has 0 radical (unpaired) electrons. The summed E-state index contributed by atoms with van der Waals surface area (Å²) in [7, 11) is 0.945. The number of unbranched alkanes of at least 4 members (excludes halogenated alkanes) is 16. The fraction of sp³-hybridized carbons (Fsp3) is 0.926. The lowest BCUT2D eigenvalue weighted by molar-refractivity contribution is -0.875. The first-order chi connectivity index (χ1) is 15.5. The average molecular weight is 491 g/mol. The van der Waals surface area contributed by atoms with Crippen LogP contribution >= 0.6 is 7.60 Å². The number of hydrogen-bond donors (Lipinski definition) is 3. The molecule has 0 heterocycles. The maximum Gasteiger partial charge on any atom is 0.362 e. The third-order valence-electron chi connectivity index (χ3n) is 6.36. The van der Waals surface area contributed by atoms with E-state index in [1.165, 1.54) is 89.9 Å². The predicted octanol–water partition coefficient (Wildman–Crippen LogP) is 7.55. The summed E-state index contributed by atoms with van der Waals surface area (Å²) in [5.74, 6) is 0. The zero-order valence-electron chi connectivity index (χ0n) is 22.4. The Morgan fingerprint density at radius 3 is 1.39 bits per heavy atom. The number of allylic oxidation sites excluding steroid dienone is 2. The van der Waals surface area contributed by atoms with Gasteiger partial charge in [-0.05, 0) is 38.5 Å². The second kappa shape index (κ2) is 19.1. The van der Waals surface area contributed by atoms with Crippen LogP contribution < -0.4 is 0 Å². The van der Waals surface area contributed by atoms with Crippen molar-refractivity contribution in [2.45, 2.75) is 134 Å². The van der Waals surface area contributed by atoms with Crippen LogP contribution in [0.1, 0.15) is 129 Å². The SMILES string of the molecule is CCCCCCCCCCCCCCCC/C=C\CCCCC(O)(C[N+](C)(C)C)P(=O)(O)O. The van der Waals surface area contributed by atoms with Gasteiger partial charge in [0.25, 0.3) is 0 Å². The van der Waals surface area contributed by atoms with Crippen molar-refractivity contribution in [3.63, 3.8) is 0 Å². The van der Waals surface area contributed by atoms with E-state index in [0.29, 0.717) is 10.9 Å².